The van der Waals surface area contributed by atoms with Gasteiger partial charge in [-0.2, -0.15) is 0 Å². The van der Waals surface area contributed by atoms with Gasteiger partial charge >= 0.3 is 0 Å². The third kappa shape index (κ3) is 3.87. The highest BCUT2D eigenvalue weighted by Gasteiger charge is 2.11. The van der Waals surface area contributed by atoms with Crippen LogP contribution in [0.1, 0.15) is 18.9 Å². The first-order chi connectivity index (χ1) is 7.50. The molecule has 1 rings (SSSR count). The Morgan fingerprint density at radius 1 is 1.31 bits per heavy atom. The molecule has 16 heavy (non-hydrogen) atoms. The summed E-state index contributed by atoms with van der Waals surface area (Å²) in [5.41, 5.74) is 0.0793. The number of halogens is 2. The van der Waals surface area contributed by atoms with E-state index >= 15 is 0 Å². The molecule has 0 radical (unpaired) electrons. The van der Waals surface area contributed by atoms with Gasteiger partial charge in [0.1, 0.15) is 11.6 Å². The Bertz CT molecular complexity index is 322. The highest BCUT2D eigenvalue weighted by molar-refractivity contribution is 5.19. The lowest BCUT2D eigenvalue weighted by Gasteiger charge is -2.18. The molecule has 0 spiro atoms. The zero-order valence-corrected chi connectivity index (χ0v) is 9.58. The second-order valence-corrected chi connectivity index (χ2v) is 4.08. The molecule has 1 unspecified atom stereocenters. The fourth-order valence-corrected chi connectivity index (χ4v) is 1.44. The SMILES string of the molecule is CC(O)CCN(C)Cc1c(F)cccc1F. The molecule has 0 aliphatic rings. The van der Waals surface area contributed by atoms with Crippen LogP contribution in [0.15, 0.2) is 18.2 Å². The first-order valence-electron chi connectivity index (χ1n) is 5.30. The van der Waals surface area contributed by atoms with E-state index in [1.165, 1.54) is 18.2 Å². The van der Waals surface area contributed by atoms with Gasteiger partial charge in [-0.3, -0.25) is 0 Å². The fourth-order valence-electron chi connectivity index (χ4n) is 1.44. The summed E-state index contributed by atoms with van der Waals surface area (Å²) in [5, 5.41) is 9.10. The van der Waals surface area contributed by atoms with Crippen molar-refractivity contribution in [3.63, 3.8) is 0 Å². The number of benzene rings is 1. The molecule has 1 atom stereocenters. The van der Waals surface area contributed by atoms with E-state index in [0.29, 0.717) is 13.0 Å². The molecule has 0 aromatic heterocycles. The third-order valence-electron chi connectivity index (χ3n) is 2.42. The van der Waals surface area contributed by atoms with E-state index in [1.54, 1.807) is 18.9 Å². The maximum absolute atomic E-state index is 13.3. The molecule has 0 aliphatic heterocycles. The first-order valence-corrected chi connectivity index (χ1v) is 5.30. The van der Waals surface area contributed by atoms with Gasteiger partial charge < -0.3 is 10.0 Å². The number of rotatable bonds is 5. The van der Waals surface area contributed by atoms with Crippen LogP contribution in [-0.4, -0.2) is 29.7 Å². The summed E-state index contributed by atoms with van der Waals surface area (Å²) in [5.74, 6) is -1.05. The van der Waals surface area contributed by atoms with E-state index in [-0.39, 0.29) is 12.1 Å². The molecule has 0 heterocycles. The first kappa shape index (κ1) is 13.1. The maximum atomic E-state index is 13.3. The topological polar surface area (TPSA) is 23.5 Å². The molecule has 0 fully saturated rings. The van der Waals surface area contributed by atoms with Gasteiger partial charge in [0.05, 0.1) is 6.10 Å². The molecule has 0 aliphatic carbocycles. The van der Waals surface area contributed by atoms with Crippen LogP contribution in [0, 0.1) is 11.6 Å². The average Bonchev–Trinajstić information content (AvgIpc) is 2.21. The molecule has 0 bridgehead atoms. The van der Waals surface area contributed by atoms with Crippen molar-refractivity contribution >= 4 is 0 Å². The maximum Gasteiger partial charge on any atom is 0.130 e. The van der Waals surface area contributed by atoms with Crippen molar-refractivity contribution in [2.75, 3.05) is 13.6 Å². The predicted octanol–water partition coefficient (Wildman–Crippen LogP) is 2.17. The standard InChI is InChI=1S/C12H17F2NO/c1-9(16)6-7-15(2)8-10-11(13)4-3-5-12(10)14/h3-5,9,16H,6-8H2,1-2H3. The second kappa shape index (κ2) is 5.92. The summed E-state index contributed by atoms with van der Waals surface area (Å²) in [4.78, 5) is 1.79. The molecule has 4 heteroatoms. The Balaban J connectivity index is 2.59. The Labute approximate surface area is 94.5 Å². The highest BCUT2D eigenvalue weighted by Crippen LogP contribution is 2.14. The summed E-state index contributed by atoms with van der Waals surface area (Å²) >= 11 is 0. The minimum atomic E-state index is -0.524. The van der Waals surface area contributed by atoms with Gasteiger partial charge in [-0.1, -0.05) is 6.07 Å². The van der Waals surface area contributed by atoms with Crippen molar-refractivity contribution in [3.8, 4) is 0 Å². The van der Waals surface area contributed by atoms with Gasteiger partial charge in [0.2, 0.25) is 0 Å². The van der Waals surface area contributed by atoms with Crippen molar-refractivity contribution in [2.45, 2.75) is 26.0 Å². The lowest BCUT2D eigenvalue weighted by Crippen LogP contribution is -2.23. The van der Waals surface area contributed by atoms with Gasteiger partial charge in [-0.15, -0.1) is 0 Å². The smallest absolute Gasteiger partial charge is 0.130 e. The van der Waals surface area contributed by atoms with Crippen LogP contribution in [0.5, 0.6) is 0 Å². The zero-order chi connectivity index (χ0) is 12.1. The van der Waals surface area contributed by atoms with Crippen molar-refractivity contribution in [3.05, 3.63) is 35.4 Å². The number of hydrogen-bond acceptors (Lipinski definition) is 2. The lowest BCUT2D eigenvalue weighted by molar-refractivity contribution is 0.162. The number of aliphatic hydroxyl groups is 1. The zero-order valence-electron chi connectivity index (χ0n) is 9.58. The van der Waals surface area contributed by atoms with Gasteiger partial charge in [0.25, 0.3) is 0 Å². The van der Waals surface area contributed by atoms with Crippen LogP contribution < -0.4 is 0 Å². The quantitative estimate of drug-likeness (QED) is 0.836. The molecule has 1 aromatic rings. The van der Waals surface area contributed by atoms with Gasteiger partial charge in [0.15, 0.2) is 0 Å². The summed E-state index contributed by atoms with van der Waals surface area (Å²) in [6.45, 7) is 2.51. The number of aliphatic hydroxyl groups excluding tert-OH is 1. The monoisotopic (exact) mass is 229 g/mol. The minimum absolute atomic E-state index is 0.0793. The summed E-state index contributed by atoms with van der Waals surface area (Å²) in [6, 6.07) is 3.85. The van der Waals surface area contributed by atoms with Gasteiger partial charge in [-0.25, -0.2) is 8.78 Å². The van der Waals surface area contributed by atoms with Crippen LogP contribution in [-0.2, 0) is 6.54 Å². The Hall–Kier alpha value is -1.00. The molecule has 1 aromatic carbocycles. The Morgan fingerprint density at radius 2 is 1.88 bits per heavy atom. The van der Waals surface area contributed by atoms with Crippen molar-refractivity contribution < 1.29 is 13.9 Å². The molecule has 1 N–H and O–H groups in total. The second-order valence-electron chi connectivity index (χ2n) is 4.08. The lowest BCUT2D eigenvalue weighted by atomic mass is 10.2. The molecule has 0 saturated heterocycles. The Morgan fingerprint density at radius 3 is 2.38 bits per heavy atom. The van der Waals surface area contributed by atoms with Crippen molar-refractivity contribution in [2.24, 2.45) is 0 Å². The van der Waals surface area contributed by atoms with Crippen LogP contribution in [0.3, 0.4) is 0 Å². The molecule has 2 nitrogen and oxygen atoms in total. The van der Waals surface area contributed by atoms with E-state index in [0.717, 1.165) is 0 Å². The van der Waals surface area contributed by atoms with Gasteiger partial charge in [0, 0.05) is 18.7 Å². The molecule has 0 saturated carbocycles. The van der Waals surface area contributed by atoms with Crippen LogP contribution in [0.25, 0.3) is 0 Å². The summed E-state index contributed by atoms with van der Waals surface area (Å²) < 4.78 is 26.6. The van der Waals surface area contributed by atoms with Crippen LogP contribution in [0.2, 0.25) is 0 Å². The average molecular weight is 229 g/mol. The molecular weight excluding hydrogens is 212 g/mol. The number of nitrogens with zero attached hydrogens (tertiary/aromatic N) is 1. The van der Waals surface area contributed by atoms with E-state index in [2.05, 4.69) is 0 Å². The van der Waals surface area contributed by atoms with E-state index in [9.17, 15) is 8.78 Å². The third-order valence-corrected chi connectivity index (χ3v) is 2.42. The van der Waals surface area contributed by atoms with E-state index in [1.807, 2.05) is 0 Å². The summed E-state index contributed by atoms with van der Waals surface area (Å²) in [6.07, 6.45) is 0.194. The molecule has 0 amide bonds. The Kier molecular flexibility index (Phi) is 4.83. The van der Waals surface area contributed by atoms with Crippen molar-refractivity contribution in [1.29, 1.82) is 0 Å². The predicted molar refractivity (Wildman–Crippen MR) is 59.0 cm³/mol. The van der Waals surface area contributed by atoms with Gasteiger partial charge in [-0.05, 0) is 32.5 Å². The minimum Gasteiger partial charge on any atom is -0.393 e. The molecule has 90 valence electrons. The normalized spacial score (nSPS) is 13.1. The van der Waals surface area contributed by atoms with Crippen LogP contribution >= 0.6 is 0 Å². The highest BCUT2D eigenvalue weighted by atomic mass is 19.1. The largest absolute Gasteiger partial charge is 0.393 e. The van der Waals surface area contributed by atoms with E-state index in [4.69, 9.17) is 5.11 Å². The number of hydrogen-bond donors (Lipinski definition) is 1. The summed E-state index contributed by atoms with van der Waals surface area (Å²) in [7, 11) is 1.77. The molecular formula is C12H17F2NO. The van der Waals surface area contributed by atoms with Crippen LogP contribution in [0.4, 0.5) is 8.78 Å². The fraction of sp³-hybridized carbons (Fsp3) is 0.500. The van der Waals surface area contributed by atoms with E-state index < -0.39 is 17.7 Å². The van der Waals surface area contributed by atoms with Crippen molar-refractivity contribution in [1.82, 2.24) is 4.90 Å².